The molecule has 34 heavy (non-hydrogen) atoms. The van der Waals surface area contributed by atoms with Crippen LogP contribution in [0.25, 0.3) is 0 Å². The number of carbonyl (C=O) groups excluding carboxylic acids is 1. The second kappa shape index (κ2) is 9.49. The van der Waals surface area contributed by atoms with E-state index in [9.17, 15) is 4.79 Å². The van der Waals surface area contributed by atoms with Crippen molar-refractivity contribution in [2.45, 2.75) is 82.5 Å². The summed E-state index contributed by atoms with van der Waals surface area (Å²) in [6, 6.07) is 1.88. The number of rotatable bonds is 7. The molecule has 4 aliphatic heterocycles. The van der Waals surface area contributed by atoms with Gasteiger partial charge >= 0.3 is 12.1 Å². The zero-order valence-electron chi connectivity index (χ0n) is 21.2. The predicted octanol–water partition coefficient (Wildman–Crippen LogP) is 2.36. The Morgan fingerprint density at radius 2 is 1.94 bits per heavy atom. The molecule has 1 aromatic heterocycles. The van der Waals surface area contributed by atoms with Gasteiger partial charge in [0.25, 0.3) is 0 Å². The third-order valence-corrected chi connectivity index (χ3v) is 8.31. The van der Waals surface area contributed by atoms with Crippen molar-refractivity contribution in [2.75, 3.05) is 51.8 Å². The summed E-state index contributed by atoms with van der Waals surface area (Å²) in [6.45, 7) is 8.32. The molecule has 5 rings (SSSR count). The molecular formula is C25H40N6O3. The Bertz CT molecular complexity index is 899. The van der Waals surface area contributed by atoms with Crippen LogP contribution in [0.5, 0.6) is 6.01 Å². The van der Waals surface area contributed by atoms with Crippen LogP contribution in [0.15, 0.2) is 0 Å². The number of carbonyl (C=O) groups is 1. The summed E-state index contributed by atoms with van der Waals surface area (Å²) in [5, 5.41) is 3.72. The van der Waals surface area contributed by atoms with E-state index in [0.29, 0.717) is 31.3 Å². The van der Waals surface area contributed by atoms with Crippen LogP contribution in [0.1, 0.15) is 56.7 Å². The fourth-order valence-corrected chi connectivity index (χ4v) is 6.55. The van der Waals surface area contributed by atoms with Crippen molar-refractivity contribution in [3.63, 3.8) is 0 Å². The van der Waals surface area contributed by atoms with Gasteiger partial charge in [0, 0.05) is 56.6 Å². The van der Waals surface area contributed by atoms with Gasteiger partial charge in [-0.05, 0) is 58.4 Å². The molecule has 4 saturated heterocycles. The Morgan fingerprint density at radius 1 is 1.18 bits per heavy atom. The lowest BCUT2D eigenvalue weighted by Gasteiger charge is -2.36. The van der Waals surface area contributed by atoms with E-state index in [-0.39, 0.29) is 17.7 Å². The molecule has 4 unspecified atom stereocenters. The highest BCUT2D eigenvalue weighted by molar-refractivity contribution is 5.66. The van der Waals surface area contributed by atoms with Gasteiger partial charge in [-0.25, -0.2) is 9.78 Å². The molecule has 4 fully saturated rings. The monoisotopic (exact) mass is 472 g/mol. The third kappa shape index (κ3) is 4.44. The van der Waals surface area contributed by atoms with Gasteiger partial charge in [-0.2, -0.15) is 4.98 Å². The highest BCUT2D eigenvalue weighted by Crippen LogP contribution is 2.43. The Hall–Kier alpha value is -2.13. The lowest BCUT2D eigenvalue weighted by atomic mass is 9.95. The SMILES string of the molecule is CCc1c(C)nc(OCC23CCCN2C(COC(=O)N(C)C)CC3)nc1N1CC2CCC(C1)N2. The average Bonchev–Trinajstić information content (AvgIpc) is 3.48. The summed E-state index contributed by atoms with van der Waals surface area (Å²) in [5.41, 5.74) is 2.25. The summed E-state index contributed by atoms with van der Waals surface area (Å²) in [6.07, 6.45) is 7.47. The van der Waals surface area contributed by atoms with E-state index in [0.717, 1.165) is 63.3 Å². The highest BCUT2D eigenvalue weighted by Gasteiger charge is 2.50. The smallest absolute Gasteiger partial charge is 0.409 e. The topological polar surface area (TPSA) is 83.1 Å². The molecule has 4 aliphatic rings. The molecule has 0 saturated carbocycles. The molecule has 2 bridgehead atoms. The number of amides is 1. The van der Waals surface area contributed by atoms with Crippen molar-refractivity contribution < 1.29 is 14.3 Å². The van der Waals surface area contributed by atoms with E-state index >= 15 is 0 Å². The zero-order chi connectivity index (χ0) is 23.9. The minimum atomic E-state index is -0.276. The lowest BCUT2D eigenvalue weighted by Crippen LogP contribution is -2.51. The largest absolute Gasteiger partial charge is 0.461 e. The fourth-order valence-electron chi connectivity index (χ4n) is 6.55. The van der Waals surface area contributed by atoms with Crippen molar-refractivity contribution in [3.05, 3.63) is 11.3 Å². The number of aryl methyl sites for hydroxylation is 1. The van der Waals surface area contributed by atoms with E-state index in [4.69, 9.17) is 19.4 Å². The lowest BCUT2D eigenvalue weighted by molar-refractivity contribution is 0.0483. The van der Waals surface area contributed by atoms with Gasteiger partial charge in [0.15, 0.2) is 0 Å². The zero-order valence-corrected chi connectivity index (χ0v) is 21.2. The van der Waals surface area contributed by atoms with Crippen LogP contribution in [0.4, 0.5) is 10.6 Å². The summed E-state index contributed by atoms with van der Waals surface area (Å²) >= 11 is 0. The van der Waals surface area contributed by atoms with Crippen LogP contribution >= 0.6 is 0 Å². The molecule has 0 aromatic carbocycles. The number of nitrogens with zero attached hydrogens (tertiary/aromatic N) is 5. The highest BCUT2D eigenvalue weighted by atomic mass is 16.6. The van der Waals surface area contributed by atoms with E-state index in [1.807, 2.05) is 0 Å². The van der Waals surface area contributed by atoms with Crippen LogP contribution in [0.3, 0.4) is 0 Å². The van der Waals surface area contributed by atoms with E-state index in [2.05, 4.69) is 29.0 Å². The molecule has 9 nitrogen and oxygen atoms in total. The van der Waals surface area contributed by atoms with Crippen molar-refractivity contribution >= 4 is 11.9 Å². The van der Waals surface area contributed by atoms with Crippen LogP contribution < -0.4 is 15.0 Å². The summed E-state index contributed by atoms with van der Waals surface area (Å²) in [4.78, 5) is 28.1. The molecule has 0 radical (unpaired) electrons. The first kappa shape index (κ1) is 23.6. The first-order valence-corrected chi connectivity index (χ1v) is 13.0. The summed E-state index contributed by atoms with van der Waals surface area (Å²) in [7, 11) is 3.44. The number of anilines is 1. The Labute approximate surface area is 203 Å². The van der Waals surface area contributed by atoms with Crippen molar-refractivity contribution in [3.8, 4) is 6.01 Å². The van der Waals surface area contributed by atoms with Gasteiger partial charge < -0.3 is 24.6 Å². The number of ether oxygens (including phenoxy) is 2. The molecule has 1 aromatic rings. The third-order valence-electron chi connectivity index (χ3n) is 8.31. The molecule has 1 N–H and O–H groups in total. The number of piperazine rings is 1. The van der Waals surface area contributed by atoms with E-state index < -0.39 is 0 Å². The Kier molecular flexibility index (Phi) is 6.59. The molecule has 4 atom stereocenters. The van der Waals surface area contributed by atoms with Crippen LogP contribution in [0, 0.1) is 6.92 Å². The molecule has 9 heteroatoms. The number of hydrogen-bond acceptors (Lipinski definition) is 8. The average molecular weight is 473 g/mol. The molecular weight excluding hydrogens is 432 g/mol. The Balaban J connectivity index is 1.28. The maximum atomic E-state index is 11.9. The first-order valence-electron chi connectivity index (χ1n) is 13.0. The normalized spacial score (nSPS) is 30.5. The van der Waals surface area contributed by atoms with Crippen molar-refractivity contribution in [1.29, 1.82) is 0 Å². The molecule has 0 aliphatic carbocycles. The first-order chi connectivity index (χ1) is 16.4. The molecule has 188 valence electrons. The second-order valence-corrected chi connectivity index (χ2v) is 10.8. The van der Waals surface area contributed by atoms with Gasteiger partial charge in [-0.3, -0.25) is 4.90 Å². The molecule has 1 amide bonds. The summed E-state index contributed by atoms with van der Waals surface area (Å²) < 4.78 is 11.9. The quantitative estimate of drug-likeness (QED) is 0.648. The number of fused-ring (bicyclic) bond motifs is 3. The van der Waals surface area contributed by atoms with Gasteiger partial charge in [-0.15, -0.1) is 0 Å². The maximum absolute atomic E-state index is 11.9. The second-order valence-electron chi connectivity index (χ2n) is 10.8. The van der Waals surface area contributed by atoms with E-state index in [1.165, 1.54) is 23.3 Å². The van der Waals surface area contributed by atoms with E-state index in [1.54, 1.807) is 14.1 Å². The minimum absolute atomic E-state index is 0.00972. The Morgan fingerprint density at radius 3 is 2.65 bits per heavy atom. The fraction of sp³-hybridized carbons (Fsp3) is 0.800. The number of nitrogens with one attached hydrogen (secondary N) is 1. The minimum Gasteiger partial charge on any atom is -0.461 e. The molecule has 5 heterocycles. The predicted molar refractivity (Wildman–Crippen MR) is 131 cm³/mol. The maximum Gasteiger partial charge on any atom is 0.409 e. The van der Waals surface area contributed by atoms with Crippen molar-refractivity contribution in [1.82, 2.24) is 25.1 Å². The summed E-state index contributed by atoms with van der Waals surface area (Å²) in [5.74, 6) is 1.06. The van der Waals surface area contributed by atoms with Gasteiger partial charge in [0.2, 0.25) is 0 Å². The molecule has 0 spiro atoms. The van der Waals surface area contributed by atoms with Gasteiger partial charge in [0.1, 0.15) is 19.0 Å². The van der Waals surface area contributed by atoms with Crippen LogP contribution in [-0.4, -0.2) is 96.5 Å². The van der Waals surface area contributed by atoms with Crippen LogP contribution in [-0.2, 0) is 11.2 Å². The number of aromatic nitrogens is 2. The van der Waals surface area contributed by atoms with Crippen molar-refractivity contribution in [2.24, 2.45) is 0 Å². The van der Waals surface area contributed by atoms with Gasteiger partial charge in [0.05, 0.1) is 5.54 Å². The van der Waals surface area contributed by atoms with Gasteiger partial charge in [-0.1, -0.05) is 6.92 Å². The standard InChI is InChI=1S/C25H40N6O3/c1-5-21-17(2)26-23(28-22(21)30-13-18-7-8-19(14-30)27-18)34-16-25-10-6-12-31(25)20(9-11-25)15-33-24(32)29(3)4/h18-20,27H,5-16H2,1-4H3. The van der Waals surface area contributed by atoms with Crippen LogP contribution in [0.2, 0.25) is 0 Å². The number of hydrogen-bond donors (Lipinski definition) is 1.